The lowest BCUT2D eigenvalue weighted by Crippen LogP contribution is -2.55. The molecule has 1 aliphatic rings. The molecule has 3 rings (SSSR count). The summed E-state index contributed by atoms with van der Waals surface area (Å²) in [7, 11) is 0. The lowest BCUT2D eigenvalue weighted by molar-refractivity contribution is -0.134. The van der Waals surface area contributed by atoms with E-state index < -0.39 is 0 Å². The molecule has 1 N–H and O–H groups in total. The van der Waals surface area contributed by atoms with E-state index in [0.717, 1.165) is 35.7 Å². The second-order valence-electron chi connectivity index (χ2n) is 6.90. The van der Waals surface area contributed by atoms with Crippen molar-refractivity contribution in [3.05, 3.63) is 48.0 Å². The topological polar surface area (TPSA) is 52.6 Å². The zero-order valence-corrected chi connectivity index (χ0v) is 15.6. The second kappa shape index (κ2) is 8.21. The molecule has 0 bridgehead atoms. The molecule has 5 nitrogen and oxygen atoms in total. The first-order chi connectivity index (χ1) is 12.6. The van der Waals surface area contributed by atoms with Gasteiger partial charge in [0.2, 0.25) is 5.91 Å². The predicted molar refractivity (Wildman–Crippen MR) is 104 cm³/mol. The Morgan fingerprint density at radius 2 is 1.92 bits per heavy atom. The van der Waals surface area contributed by atoms with Crippen LogP contribution in [0.1, 0.15) is 38.3 Å². The summed E-state index contributed by atoms with van der Waals surface area (Å²) in [6.07, 6.45) is 2.08. The SMILES string of the molecule is CCCCN1CCN(C(=O)N[C@H](C)c2cccc3ccccc23)CC1=O. The molecule has 1 heterocycles. The molecule has 138 valence electrons. The molecule has 1 saturated heterocycles. The molecule has 1 fully saturated rings. The van der Waals surface area contributed by atoms with Crippen molar-refractivity contribution < 1.29 is 9.59 Å². The number of urea groups is 1. The molecule has 1 atom stereocenters. The van der Waals surface area contributed by atoms with Crippen LogP contribution >= 0.6 is 0 Å². The van der Waals surface area contributed by atoms with Gasteiger partial charge < -0.3 is 15.1 Å². The van der Waals surface area contributed by atoms with Gasteiger partial charge in [0.15, 0.2) is 0 Å². The number of nitrogens with zero attached hydrogens (tertiary/aromatic N) is 2. The van der Waals surface area contributed by atoms with E-state index in [1.54, 1.807) is 4.90 Å². The van der Waals surface area contributed by atoms with Gasteiger partial charge in [0.1, 0.15) is 6.54 Å². The minimum atomic E-state index is -0.172. The van der Waals surface area contributed by atoms with Gasteiger partial charge in [0.05, 0.1) is 6.04 Å². The van der Waals surface area contributed by atoms with Gasteiger partial charge in [-0.2, -0.15) is 0 Å². The second-order valence-corrected chi connectivity index (χ2v) is 6.90. The van der Waals surface area contributed by atoms with Gasteiger partial charge in [-0.1, -0.05) is 55.8 Å². The van der Waals surface area contributed by atoms with E-state index in [0.29, 0.717) is 13.1 Å². The van der Waals surface area contributed by atoms with Crippen LogP contribution in [0.3, 0.4) is 0 Å². The fourth-order valence-electron chi connectivity index (χ4n) is 3.45. The van der Waals surface area contributed by atoms with Gasteiger partial charge in [0, 0.05) is 19.6 Å². The maximum absolute atomic E-state index is 12.6. The van der Waals surface area contributed by atoms with Gasteiger partial charge >= 0.3 is 6.03 Å². The molecule has 3 amide bonds. The maximum atomic E-state index is 12.6. The van der Waals surface area contributed by atoms with Crippen LogP contribution in [-0.4, -0.2) is 47.9 Å². The Labute approximate surface area is 155 Å². The van der Waals surface area contributed by atoms with E-state index in [1.807, 2.05) is 36.1 Å². The summed E-state index contributed by atoms with van der Waals surface area (Å²) in [5.41, 5.74) is 1.09. The molecule has 2 aromatic carbocycles. The first-order valence-corrected chi connectivity index (χ1v) is 9.41. The number of amides is 3. The predicted octanol–water partition coefficient (Wildman–Crippen LogP) is 3.55. The highest BCUT2D eigenvalue weighted by Gasteiger charge is 2.27. The van der Waals surface area contributed by atoms with Crippen molar-refractivity contribution in [2.24, 2.45) is 0 Å². The van der Waals surface area contributed by atoms with Gasteiger partial charge in [-0.25, -0.2) is 4.79 Å². The Balaban J connectivity index is 1.64. The minimum absolute atomic E-state index is 0.0395. The van der Waals surface area contributed by atoms with Crippen LogP contribution in [0.25, 0.3) is 10.8 Å². The summed E-state index contributed by atoms with van der Waals surface area (Å²) < 4.78 is 0. The number of rotatable bonds is 5. The summed E-state index contributed by atoms with van der Waals surface area (Å²) in [6.45, 7) is 6.26. The third kappa shape index (κ3) is 3.98. The lowest BCUT2D eigenvalue weighted by Gasteiger charge is -2.35. The maximum Gasteiger partial charge on any atom is 0.318 e. The van der Waals surface area contributed by atoms with Crippen LogP contribution in [0.5, 0.6) is 0 Å². The van der Waals surface area contributed by atoms with E-state index in [-0.39, 0.29) is 24.5 Å². The van der Waals surface area contributed by atoms with Gasteiger partial charge in [-0.3, -0.25) is 4.79 Å². The van der Waals surface area contributed by atoms with Crippen molar-refractivity contribution in [1.29, 1.82) is 0 Å². The number of hydrogen-bond donors (Lipinski definition) is 1. The fourth-order valence-corrected chi connectivity index (χ4v) is 3.45. The third-order valence-corrected chi connectivity index (χ3v) is 5.02. The molecule has 0 spiro atoms. The Hall–Kier alpha value is -2.56. The van der Waals surface area contributed by atoms with Crippen LogP contribution in [0.15, 0.2) is 42.5 Å². The summed E-state index contributed by atoms with van der Waals surface area (Å²) in [5.74, 6) is 0.0395. The van der Waals surface area contributed by atoms with Gasteiger partial charge in [0.25, 0.3) is 0 Å². The molecule has 0 aromatic heterocycles. The largest absolute Gasteiger partial charge is 0.339 e. The Kier molecular flexibility index (Phi) is 5.76. The molecule has 0 radical (unpaired) electrons. The first-order valence-electron chi connectivity index (χ1n) is 9.41. The summed E-state index contributed by atoms with van der Waals surface area (Å²) in [6, 6.07) is 14.0. The fraction of sp³-hybridized carbons (Fsp3) is 0.429. The van der Waals surface area contributed by atoms with Crippen LogP contribution in [0.4, 0.5) is 4.79 Å². The Morgan fingerprint density at radius 3 is 2.69 bits per heavy atom. The molecule has 0 aliphatic carbocycles. The average molecular weight is 353 g/mol. The van der Waals surface area contributed by atoms with Crippen molar-refractivity contribution in [3.63, 3.8) is 0 Å². The quantitative estimate of drug-likeness (QED) is 0.894. The molecule has 5 heteroatoms. The van der Waals surface area contributed by atoms with E-state index in [9.17, 15) is 9.59 Å². The van der Waals surface area contributed by atoms with E-state index in [2.05, 4.69) is 30.4 Å². The Morgan fingerprint density at radius 1 is 1.15 bits per heavy atom. The van der Waals surface area contributed by atoms with Crippen molar-refractivity contribution in [2.75, 3.05) is 26.2 Å². The molecule has 0 saturated carbocycles. The number of carbonyl (C=O) groups excluding carboxylic acids is 2. The minimum Gasteiger partial charge on any atom is -0.339 e. The van der Waals surface area contributed by atoms with Gasteiger partial charge in [-0.15, -0.1) is 0 Å². The summed E-state index contributed by atoms with van der Waals surface area (Å²) >= 11 is 0. The first kappa shape index (κ1) is 18.2. The summed E-state index contributed by atoms with van der Waals surface area (Å²) in [5, 5.41) is 5.35. The normalized spacial score (nSPS) is 16.0. The highest BCUT2D eigenvalue weighted by atomic mass is 16.2. The van der Waals surface area contributed by atoms with E-state index >= 15 is 0 Å². The van der Waals surface area contributed by atoms with Gasteiger partial charge in [-0.05, 0) is 29.7 Å². The number of hydrogen-bond acceptors (Lipinski definition) is 2. The van der Waals surface area contributed by atoms with Crippen LogP contribution in [0, 0.1) is 0 Å². The zero-order chi connectivity index (χ0) is 18.5. The van der Waals surface area contributed by atoms with Crippen LogP contribution in [-0.2, 0) is 4.79 Å². The molecular formula is C21H27N3O2. The standard InChI is InChI=1S/C21H27N3O2/c1-3-4-12-23-13-14-24(15-20(23)25)21(26)22-16(2)18-11-7-9-17-8-5-6-10-19(17)18/h5-11,16H,3-4,12-15H2,1-2H3,(H,22,26)/t16-/m1/s1. The number of carbonyl (C=O) groups is 2. The van der Waals surface area contributed by atoms with E-state index in [1.165, 1.54) is 0 Å². The van der Waals surface area contributed by atoms with Crippen LogP contribution < -0.4 is 5.32 Å². The molecule has 26 heavy (non-hydrogen) atoms. The van der Waals surface area contributed by atoms with Crippen molar-refractivity contribution >= 4 is 22.7 Å². The number of piperazine rings is 1. The van der Waals surface area contributed by atoms with Crippen molar-refractivity contribution in [3.8, 4) is 0 Å². The smallest absolute Gasteiger partial charge is 0.318 e. The number of benzene rings is 2. The number of fused-ring (bicyclic) bond motifs is 1. The molecule has 2 aromatic rings. The van der Waals surface area contributed by atoms with Crippen molar-refractivity contribution in [1.82, 2.24) is 15.1 Å². The molecule has 1 aliphatic heterocycles. The number of nitrogens with one attached hydrogen (secondary N) is 1. The Bertz CT molecular complexity index is 784. The van der Waals surface area contributed by atoms with E-state index in [4.69, 9.17) is 0 Å². The lowest BCUT2D eigenvalue weighted by atomic mass is 10.00. The van der Waals surface area contributed by atoms with Crippen molar-refractivity contribution in [2.45, 2.75) is 32.7 Å². The highest BCUT2D eigenvalue weighted by Crippen LogP contribution is 2.24. The average Bonchev–Trinajstić information content (AvgIpc) is 2.66. The molecule has 0 unspecified atom stereocenters. The summed E-state index contributed by atoms with van der Waals surface area (Å²) in [4.78, 5) is 28.4. The zero-order valence-electron chi connectivity index (χ0n) is 15.6. The third-order valence-electron chi connectivity index (χ3n) is 5.02. The highest BCUT2D eigenvalue weighted by molar-refractivity contribution is 5.88. The molecular weight excluding hydrogens is 326 g/mol. The monoisotopic (exact) mass is 353 g/mol. The number of unbranched alkanes of at least 4 members (excludes halogenated alkanes) is 1. The van der Waals surface area contributed by atoms with Crippen LogP contribution in [0.2, 0.25) is 0 Å².